The zero-order valence-electron chi connectivity index (χ0n) is 9.73. The lowest BCUT2D eigenvalue weighted by Gasteiger charge is -2.05. The lowest BCUT2D eigenvalue weighted by molar-refractivity contribution is 0.0975. The van der Waals surface area contributed by atoms with Gasteiger partial charge < -0.3 is 0 Å². The highest BCUT2D eigenvalue weighted by molar-refractivity contribution is 9.10. The van der Waals surface area contributed by atoms with E-state index in [4.69, 9.17) is 11.6 Å². The molecule has 4 heteroatoms. The van der Waals surface area contributed by atoms with E-state index < -0.39 is 5.82 Å². The summed E-state index contributed by atoms with van der Waals surface area (Å²) >= 11 is 8.86. The van der Waals surface area contributed by atoms with Gasteiger partial charge in [-0.1, -0.05) is 37.8 Å². The predicted octanol–water partition coefficient (Wildman–Crippen LogP) is 5.39. The van der Waals surface area contributed by atoms with Crippen molar-refractivity contribution in [2.24, 2.45) is 0 Å². The number of halogens is 3. The Morgan fingerprint density at radius 2 is 2.06 bits per heavy atom. The number of hydrogen-bond acceptors (Lipinski definition) is 1. The number of Topliss-reactive ketones (excluding diaryl/α,β-unsaturated/α-hetero) is 1. The number of unbranched alkanes of at least 4 members (excludes halogenated alkanes) is 3. The van der Waals surface area contributed by atoms with Crippen LogP contribution in [0.4, 0.5) is 4.39 Å². The zero-order valence-corrected chi connectivity index (χ0v) is 12.1. The summed E-state index contributed by atoms with van der Waals surface area (Å²) in [6.45, 7) is 2.11. The van der Waals surface area contributed by atoms with Crippen molar-refractivity contribution < 1.29 is 9.18 Å². The second-order valence-corrected chi connectivity index (χ2v) is 5.19. The molecule has 0 heterocycles. The maximum absolute atomic E-state index is 13.7. The van der Waals surface area contributed by atoms with Gasteiger partial charge in [0, 0.05) is 10.9 Å². The average Bonchev–Trinajstić information content (AvgIpc) is 2.31. The first-order valence-corrected chi connectivity index (χ1v) is 6.91. The Labute approximate surface area is 114 Å². The van der Waals surface area contributed by atoms with E-state index in [0.717, 1.165) is 25.7 Å². The molecule has 0 radical (unpaired) electrons. The van der Waals surface area contributed by atoms with Crippen LogP contribution in [0.25, 0.3) is 0 Å². The van der Waals surface area contributed by atoms with E-state index in [1.165, 1.54) is 6.07 Å². The van der Waals surface area contributed by atoms with Gasteiger partial charge in [-0.25, -0.2) is 4.39 Å². The van der Waals surface area contributed by atoms with Crippen LogP contribution in [0.5, 0.6) is 0 Å². The fraction of sp³-hybridized carbons (Fsp3) is 0.462. The van der Waals surface area contributed by atoms with Crippen molar-refractivity contribution in [3.63, 3.8) is 0 Å². The van der Waals surface area contributed by atoms with E-state index >= 15 is 0 Å². The third-order valence-corrected chi connectivity index (χ3v) is 3.85. The number of rotatable bonds is 6. The van der Waals surface area contributed by atoms with E-state index in [1.807, 2.05) is 0 Å². The molecule has 0 fully saturated rings. The van der Waals surface area contributed by atoms with Gasteiger partial charge in [0.25, 0.3) is 0 Å². The lowest BCUT2D eigenvalue weighted by atomic mass is 10.0. The predicted molar refractivity (Wildman–Crippen MR) is 72.2 cm³/mol. The Kier molecular flexibility index (Phi) is 6.14. The van der Waals surface area contributed by atoms with Crippen molar-refractivity contribution in [1.82, 2.24) is 0 Å². The molecule has 17 heavy (non-hydrogen) atoms. The van der Waals surface area contributed by atoms with Gasteiger partial charge in [0.05, 0.1) is 10.6 Å². The average molecular weight is 322 g/mol. The van der Waals surface area contributed by atoms with Gasteiger partial charge in [0.1, 0.15) is 0 Å². The summed E-state index contributed by atoms with van der Waals surface area (Å²) in [5.74, 6) is -0.797. The summed E-state index contributed by atoms with van der Waals surface area (Å²) in [5.41, 5.74) is 0.0923. The maximum Gasteiger partial charge on any atom is 0.165 e. The summed E-state index contributed by atoms with van der Waals surface area (Å²) in [6.07, 6.45) is 4.42. The summed E-state index contributed by atoms with van der Waals surface area (Å²) in [7, 11) is 0. The summed E-state index contributed by atoms with van der Waals surface area (Å²) in [6, 6.07) is 3.08. The Morgan fingerprint density at radius 1 is 1.35 bits per heavy atom. The minimum Gasteiger partial charge on any atom is -0.294 e. The Morgan fingerprint density at radius 3 is 2.71 bits per heavy atom. The maximum atomic E-state index is 13.7. The van der Waals surface area contributed by atoms with Gasteiger partial charge in [0.15, 0.2) is 11.6 Å². The largest absolute Gasteiger partial charge is 0.294 e. The summed E-state index contributed by atoms with van der Waals surface area (Å²) < 4.78 is 14.2. The van der Waals surface area contributed by atoms with Crippen LogP contribution in [0.2, 0.25) is 5.02 Å². The molecule has 0 aliphatic heterocycles. The third kappa shape index (κ3) is 4.07. The molecule has 0 aliphatic rings. The highest BCUT2D eigenvalue weighted by Gasteiger charge is 2.15. The van der Waals surface area contributed by atoms with Gasteiger partial charge in [-0.05, 0) is 34.5 Å². The molecule has 0 spiro atoms. The monoisotopic (exact) mass is 320 g/mol. The molecule has 1 rings (SSSR count). The molecule has 0 amide bonds. The molecular formula is C13H15BrClFO. The molecule has 0 bridgehead atoms. The molecule has 0 saturated heterocycles. The normalized spacial score (nSPS) is 10.6. The van der Waals surface area contributed by atoms with Crippen molar-refractivity contribution in [1.29, 1.82) is 0 Å². The van der Waals surface area contributed by atoms with E-state index in [2.05, 4.69) is 22.9 Å². The molecule has 1 nitrogen and oxygen atoms in total. The topological polar surface area (TPSA) is 17.1 Å². The van der Waals surface area contributed by atoms with Crippen molar-refractivity contribution in [2.45, 2.75) is 39.0 Å². The summed E-state index contributed by atoms with van der Waals surface area (Å²) in [5, 5.41) is -0.0237. The Balaban J connectivity index is 2.66. The third-order valence-electron chi connectivity index (χ3n) is 2.59. The zero-order chi connectivity index (χ0) is 12.8. The minimum absolute atomic E-state index is 0.0237. The number of ketones is 1. The molecule has 0 aromatic heterocycles. The van der Waals surface area contributed by atoms with Crippen LogP contribution in [-0.2, 0) is 0 Å². The van der Waals surface area contributed by atoms with Crippen molar-refractivity contribution in [3.05, 3.63) is 33.0 Å². The first-order chi connectivity index (χ1) is 8.07. The Hall–Kier alpha value is -0.410. The molecule has 94 valence electrons. The number of hydrogen-bond donors (Lipinski definition) is 0. The number of benzene rings is 1. The molecule has 0 N–H and O–H groups in total. The summed E-state index contributed by atoms with van der Waals surface area (Å²) in [4.78, 5) is 11.8. The van der Waals surface area contributed by atoms with E-state index in [-0.39, 0.29) is 16.4 Å². The number of carbonyl (C=O) groups excluding carboxylic acids is 1. The minimum atomic E-state index is -0.624. The highest BCUT2D eigenvalue weighted by atomic mass is 79.9. The van der Waals surface area contributed by atoms with Crippen LogP contribution in [-0.4, -0.2) is 5.78 Å². The smallest absolute Gasteiger partial charge is 0.165 e. The van der Waals surface area contributed by atoms with Gasteiger partial charge in [-0.15, -0.1) is 0 Å². The van der Waals surface area contributed by atoms with Crippen LogP contribution in [0, 0.1) is 5.82 Å². The molecule has 0 atom stereocenters. The highest BCUT2D eigenvalue weighted by Crippen LogP contribution is 2.28. The SMILES string of the molecule is CCCCCCC(=O)c1ccc(Br)c(Cl)c1F. The second kappa shape index (κ2) is 7.12. The van der Waals surface area contributed by atoms with Crippen molar-refractivity contribution in [2.75, 3.05) is 0 Å². The molecule has 1 aromatic rings. The fourth-order valence-electron chi connectivity index (χ4n) is 1.59. The van der Waals surface area contributed by atoms with Crippen LogP contribution in [0.1, 0.15) is 49.4 Å². The molecule has 0 aliphatic carbocycles. The van der Waals surface area contributed by atoms with E-state index in [9.17, 15) is 9.18 Å². The van der Waals surface area contributed by atoms with Crippen LogP contribution < -0.4 is 0 Å². The van der Waals surface area contributed by atoms with Crippen molar-refractivity contribution in [3.8, 4) is 0 Å². The van der Waals surface area contributed by atoms with Crippen LogP contribution >= 0.6 is 27.5 Å². The molecule has 0 saturated carbocycles. The fourth-order valence-corrected chi connectivity index (χ4v) is 2.06. The standard InChI is InChI=1S/C13H15BrClFO/c1-2-3-4-5-6-11(17)9-7-8-10(14)12(15)13(9)16/h7-8H,2-6H2,1H3. The molecule has 1 aromatic carbocycles. The van der Waals surface area contributed by atoms with Gasteiger partial charge >= 0.3 is 0 Å². The van der Waals surface area contributed by atoms with Crippen LogP contribution in [0.15, 0.2) is 16.6 Å². The second-order valence-electron chi connectivity index (χ2n) is 3.96. The first kappa shape index (κ1) is 14.7. The molecular weight excluding hydrogens is 306 g/mol. The Bertz CT molecular complexity index is 407. The van der Waals surface area contributed by atoms with Gasteiger partial charge in [-0.3, -0.25) is 4.79 Å². The van der Waals surface area contributed by atoms with Crippen molar-refractivity contribution >= 4 is 33.3 Å². The van der Waals surface area contributed by atoms with E-state index in [0.29, 0.717) is 10.9 Å². The van der Waals surface area contributed by atoms with Gasteiger partial charge in [0.2, 0.25) is 0 Å². The first-order valence-electron chi connectivity index (χ1n) is 5.74. The van der Waals surface area contributed by atoms with E-state index in [1.54, 1.807) is 6.07 Å². The lowest BCUT2D eigenvalue weighted by Crippen LogP contribution is -2.03. The molecule has 0 unspecified atom stereocenters. The number of carbonyl (C=O) groups is 1. The van der Waals surface area contributed by atoms with Gasteiger partial charge in [-0.2, -0.15) is 0 Å². The van der Waals surface area contributed by atoms with Crippen LogP contribution in [0.3, 0.4) is 0 Å². The quantitative estimate of drug-likeness (QED) is 0.390.